The van der Waals surface area contributed by atoms with Crippen molar-refractivity contribution in [1.29, 1.82) is 0 Å². The Morgan fingerprint density at radius 1 is 1.08 bits per heavy atom. The lowest BCUT2D eigenvalue weighted by atomic mass is 10.1. The van der Waals surface area contributed by atoms with E-state index in [1.165, 1.54) is 12.0 Å². The van der Waals surface area contributed by atoms with Crippen LogP contribution in [0.2, 0.25) is 0 Å². The minimum Gasteiger partial charge on any atom is -0.325 e. The standard InChI is InChI=1S/C20H25N3O.ClH/c1-21-19-8-5-13-23(14-19)15-20(24)22-18-11-9-17(10-12-18)16-6-3-2-4-7-16;/h2-4,6-7,9-12,19,21H,5,8,13-15H2,1H3,(H,22,24);1H. The molecule has 4 nitrogen and oxygen atoms in total. The van der Waals surface area contributed by atoms with Crippen LogP contribution in [0.15, 0.2) is 54.6 Å². The number of halogens is 1. The number of rotatable bonds is 5. The van der Waals surface area contributed by atoms with Crippen molar-refractivity contribution in [3.63, 3.8) is 0 Å². The number of hydrogen-bond donors (Lipinski definition) is 2. The molecule has 1 aliphatic rings. The third kappa shape index (κ3) is 5.56. The minimum atomic E-state index is 0. The number of amides is 1. The highest BCUT2D eigenvalue weighted by Crippen LogP contribution is 2.21. The molecule has 2 aromatic carbocycles. The van der Waals surface area contributed by atoms with E-state index in [-0.39, 0.29) is 18.3 Å². The molecule has 5 heteroatoms. The molecule has 134 valence electrons. The molecule has 1 saturated heterocycles. The Kier molecular flexibility index (Phi) is 7.44. The molecule has 1 heterocycles. The maximum absolute atomic E-state index is 12.3. The SMILES string of the molecule is CNC1CCCN(CC(=O)Nc2ccc(-c3ccccc3)cc2)C1.Cl. The first-order chi connectivity index (χ1) is 11.7. The van der Waals surface area contributed by atoms with Gasteiger partial charge in [-0.05, 0) is 49.7 Å². The van der Waals surface area contributed by atoms with E-state index in [4.69, 9.17) is 0 Å². The zero-order chi connectivity index (χ0) is 16.8. The molecule has 0 saturated carbocycles. The van der Waals surface area contributed by atoms with E-state index in [1.807, 2.05) is 49.5 Å². The third-order valence-electron chi connectivity index (χ3n) is 4.56. The molecule has 1 unspecified atom stereocenters. The number of nitrogens with zero attached hydrogens (tertiary/aromatic N) is 1. The number of carbonyl (C=O) groups is 1. The quantitative estimate of drug-likeness (QED) is 0.860. The molecule has 0 bridgehead atoms. The van der Waals surface area contributed by atoms with Crippen molar-refractivity contribution in [2.75, 3.05) is 32.0 Å². The van der Waals surface area contributed by atoms with Crippen LogP contribution in [-0.4, -0.2) is 43.5 Å². The summed E-state index contributed by atoms with van der Waals surface area (Å²) in [4.78, 5) is 14.5. The molecule has 1 atom stereocenters. The summed E-state index contributed by atoms with van der Waals surface area (Å²) in [5, 5.41) is 6.30. The average molecular weight is 360 g/mol. The highest BCUT2D eigenvalue weighted by molar-refractivity contribution is 5.92. The van der Waals surface area contributed by atoms with Gasteiger partial charge in [0.05, 0.1) is 6.54 Å². The van der Waals surface area contributed by atoms with Crippen LogP contribution < -0.4 is 10.6 Å². The summed E-state index contributed by atoms with van der Waals surface area (Å²) in [5.74, 6) is 0.0548. The Morgan fingerprint density at radius 2 is 1.76 bits per heavy atom. The molecule has 1 fully saturated rings. The lowest BCUT2D eigenvalue weighted by molar-refractivity contribution is -0.117. The zero-order valence-corrected chi connectivity index (χ0v) is 15.4. The molecule has 0 aromatic heterocycles. The Labute approximate surface area is 156 Å². The number of hydrogen-bond acceptors (Lipinski definition) is 3. The van der Waals surface area contributed by atoms with Crippen molar-refractivity contribution in [2.24, 2.45) is 0 Å². The van der Waals surface area contributed by atoms with Crippen LogP contribution in [0.5, 0.6) is 0 Å². The number of anilines is 1. The van der Waals surface area contributed by atoms with Gasteiger partial charge < -0.3 is 10.6 Å². The van der Waals surface area contributed by atoms with E-state index in [2.05, 4.69) is 27.7 Å². The van der Waals surface area contributed by atoms with Crippen LogP contribution in [0.3, 0.4) is 0 Å². The first-order valence-corrected chi connectivity index (χ1v) is 8.59. The Balaban J connectivity index is 0.00000225. The van der Waals surface area contributed by atoms with Gasteiger partial charge in [0, 0.05) is 18.3 Å². The molecule has 0 aliphatic carbocycles. The van der Waals surface area contributed by atoms with Gasteiger partial charge in [0.25, 0.3) is 0 Å². The smallest absolute Gasteiger partial charge is 0.238 e. The summed E-state index contributed by atoms with van der Waals surface area (Å²) >= 11 is 0. The molecule has 1 aliphatic heterocycles. The van der Waals surface area contributed by atoms with Crippen molar-refractivity contribution >= 4 is 24.0 Å². The van der Waals surface area contributed by atoms with Gasteiger partial charge >= 0.3 is 0 Å². The van der Waals surface area contributed by atoms with Gasteiger partial charge in [-0.25, -0.2) is 0 Å². The van der Waals surface area contributed by atoms with Crippen LogP contribution in [0.1, 0.15) is 12.8 Å². The van der Waals surface area contributed by atoms with Crippen molar-refractivity contribution in [2.45, 2.75) is 18.9 Å². The Hall–Kier alpha value is -1.88. The van der Waals surface area contributed by atoms with Gasteiger partial charge in [-0.2, -0.15) is 0 Å². The first kappa shape index (κ1) is 19.4. The summed E-state index contributed by atoms with van der Waals surface area (Å²) in [6, 6.07) is 18.8. The largest absolute Gasteiger partial charge is 0.325 e. The second-order valence-corrected chi connectivity index (χ2v) is 6.35. The molecule has 0 radical (unpaired) electrons. The number of likely N-dealkylation sites (N-methyl/N-ethyl adjacent to an activating group) is 1. The number of benzene rings is 2. The summed E-state index contributed by atoms with van der Waals surface area (Å²) in [6.07, 6.45) is 2.33. The molecule has 2 aromatic rings. The Morgan fingerprint density at radius 3 is 2.44 bits per heavy atom. The summed E-state index contributed by atoms with van der Waals surface area (Å²) in [7, 11) is 1.99. The predicted molar refractivity (Wildman–Crippen MR) is 106 cm³/mol. The topological polar surface area (TPSA) is 44.4 Å². The van der Waals surface area contributed by atoms with E-state index < -0.39 is 0 Å². The van der Waals surface area contributed by atoms with Crippen molar-refractivity contribution in [1.82, 2.24) is 10.2 Å². The van der Waals surface area contributed by atoms with E-state index in [9.17, 15) is 4.79 Å². The normalized spacial score (nSPS) is 17.6. The van der Waals surface area contributed by atoms with E-state index in [0.717, 1.165) is 30.8 Å². The molecule has 2 N–H and O–H groups in total. The van der Waals surface area contributed by atoms with E-state index in [1.54, 1.807) is 0 Å². The second kappa shape index (κ2) is 9.56. The highest BCUT2D eigenvalue weighted by atomic mass is 35.5. The van der Waals surface area contributed by atoms with Gasteiger partial charge in [0.15, 0.2) is 0 Å². The van der Waals surface area contributed by atoms with Crippen molar-refractivity contribution in [3.8, 4) is 11.1 Å². The number of likely N-dealkylation sites (tertiary alicyclic amines) is 1. The minimum absolute atomic E-state index is 0. The average Bonchev–Trinajstić information content (AvgIpc) is 2.63. The van der Waals surface area contributed by atoms with Crippen LogP contribution >= 0.6 is 12.4 Å². The van der Waals surface area contributed by atoms with Crippen molar-refractivity contribution < 1.29 is 4.79 Å². The first-order valence-electron chi connectivity index (χ1n) is 8.59. The number of piperidine rings is 1. The molecule has 1 amide bonds. The van der Waals surface area contributed by atoms with E-state index in [0.29, 0.717) is 12.6 Å². The number of nitrogens with one attached hydrogen (secondary N) is 2. The van der Waals surface area contributed by atoms with Crippen LogP contribution in [0, 0.1) is 0 Å². The fraction of sp³-hybridized carbons (Fsp3) is 0.350. The highest BCUT2D eigenvalue weighted by Gasteiger charge is 2.20. The van der Waals surface area contributed by atoms with Gasteiger partial charge in [-0.3, -0.25) is 9.69 Å². The summed E-state index contributed by atoms with van der Waals surface area (Å²) < 4.78 is 0. The monoisotopic (exact) mass is 359 g/mol. The number of carbonyl (C=O) groups excluding carboxylic acids is 1. The lowest BCUT2D eigenvalue weighted by Gasteiger charge is -2.31. The fourth-order valence-electron chi connectivity index (χ4n) is 3.21. The maximum atomic E-state index is 12.3. The van der Waals surface area contributed by atoms with Crippen LogP contribution in [-0.2, 0) is 4.79 Å². The van der Waals surface area contributed by atoms with Gasteiger partial charge in [-0.15, -0.1) is 12.4 Å². The molecular formula is C20H26ClN3O. The summed E-state index contributed by atoms with van der Waals surface area (Å²) in [5.41, 5.74) is 3.19. The molecule has 25 heavy (non-hydrogen) atoms. The molecule has 0 spiro atoms. The Bertz CT molecular complexity index is 660. The molecule has 3 rings (SSSR count). The maximum Gasteiger partial charge on any atom is 0.238 e. The van der Waals surface area contributed by atoms with Gasteiger partial charge in [0.2, 0.25) is 5.91 Å². The second-order valence-electron chi connectivity index (χ2n) is 6.35. The zero-order valence-electron chi connectivity index (χ0n) is 14.6. The van der Waals surface area contributed by atoms with Crippen LogP contribution in [0.4, 0.5) is 5.69 Å². The predicted octanol–water partition coefficient (Wildman–Crippen LogP) is 3.40. The fourth-order valence-corrected chi connectivity index (χ4v) is 3.21. The molecular weight excluding hydrogens is 334 g/mol. The summed E-state index contributed by atoms with van der Waals surface area (Å²) in [6.45, 7) is 2.40. The third-order valence-corrected chi connectivity index (χ3v) is 4.56. The van der Waals surface area contributed by atoms with Crippen LogP contribution in [0.25, 0.3) is 11.1 Å². The van der Waals surface area contributed by atoms with E-state index >= 15 is 0 Å². The van der Waals surface area contributed by atoms with Gasteiger partial charge in [0.1, 0.15) is 0 Å². The van der Waals surface area contributed by atoms with Gasteiger partial charge in [-0.1, -0.05) is 42.5 Å². The van der Waals surface area contributed by atoms with Crippen molar-refractivity contribution in [3.05, 3.63) is 54.6 Å². The lowest BCUT2D eigenvalue weighted by Crippen LogP contribution is -2.46.